The minimum Gasteiger partial charge on any atom is -0.478 e. The van der Waals surface area contributed by atoms with Gasteiger partial charge in [0.1, 0.15) is 11.3 Å². The van der Waals surface area contributed by atoms with Crippen molar-refractivity contribution in [3.63, 3.8) is 0 Å². The molecule has 2 rings (SSSR count). The highest BCUT2D eigenvalue weighted by atomic mass is 35.5. The summed E-state index contributed by atoms with van der Waals surface area (Å²) in [6.07, 6.45) is 0.328. The fourth-order valence-corrected chi connectivity index (χ4v) is 3.48. The standard InChI is InChI=1S/C15H14Cl2N2O4S/c1-22-14(23-2)12-8(13(20)21)6-18-15(19-12)24-7-9-10(16)4-3-5-11(9)17/h3-6,14H,7H2,1-2H3,(H,20,21). The Bertz CT molecular complexity index is 721. The first kappa shape index (κ1) is 19.0. The maximum Gasteiger partial charge on any atom is 0.339 e. The summed E-state index contributed by atoms with van der Waals surface area (Å²) in [4.78, 5) is 19.6. The quantitative estimate of drug-likeness (QED) is 0.434. The van der Waals surface area contributed by atoms with Gasteiger partial charge in [-0.15, -0.1) is 0 Å². The highest BCUT2D eigenvalue weighted by molar-refractivity contribution is 7.98. The van der Waals surface area contributed by atoms with Crippen molar-refractivity contribution in [1.29, 1.82) is 0 Å². The smallest absolute Gasteiger partial charge is 0.339 e. The van der Waals surface area contributed by atoms with E-state index >= 15 is 0 Å². The van der Waals surface area contributed by atoms with Crippen LogP contribution >= 0.6 is 35.0 Å². The summed E-state index contributed by atoms with van der Waals surface area (Å²) >= 11 is 13.5. The number of benzene rings is 1. The molecule has 0 atom stereocenters. The van der Waals surface area contributed by atoms with Crippen molar-refractivity contribution in [2.75, 3.05) is 14.2 Å². The van der Waals surface area contributed by atoms with E-state index in [2.05, 4.69) is 9.97 Å². The molecule has 0 bridgehead atoms. The van der Waals surface area contributed by atoms with E-state index < -0.39 is 12.3 Å². The Morgan fingerprint density at radius 1 is 1.29 bits per heavy atom. The van der Waals surface area contributed by atoms with Crippen molar-refractivity contribution in [2.45, 2.75) is 17.2 Å². The van der Waals surface area contributed by atoms with Gasteiger partial charge < -0.3 is 14.6 Å². The van der Waals surface area contributed by atoms with Crippen molar-refractivity contribution in [3.05, 3.63) is 51.3 Å². The van der Waals surface area contributed by atoms with Crippen LogP contribution in [0.4, 0.5) is 0 Å². The Morgan fingerprint density at radius 2 is 1.92 bits per heavy atom. The predicted octanol–water partition coefficient (Wildman–Crippen LogP) is 4.07. The number of aromatic nitrogens is 2. The molecule has 6 nitrogen and oxygen atoms in total. The lowest BCUT2D eigenvalue weighted by molar-refractivity contribution is -0.109. The van der Waals surface area contributed by atoms with Crippen LogP contribution in [-0.4, -0.2) is 35.3 Å². The summed E-state index contributed by atoms with van der Waals surface area (Å²) in [6, 6.07) is 5.25. The Morgan fingerprint density at radius 3 is 2.46 bits per heavy atom. The number of thioether (sulfide) groups is 1. The molecule has 0 spiro atoms. The van der Waals surface area contributed by atoms with Crippen molar-refractivity contribution in [1.82, 2.24) is 9.97 Å². The summed E-state index contributed by atoms with van der Waals surface area (Å²) in [6.45, 7) is 0. The number of methoxy groups -OCH3 is 2. The average Bonchev–Trinajstić information content (AvgIpc) is 2.55. The highest BCUT2D eigenvalue weighted by Crippen LogP contribution is 2.31. The molecule has 2 aromatic rings. The Labute approximate surface area is 153 Å². The van der Waals surface area contributed by atoms with Crippen LogP contribution in [0.15, 0.2) is 29.6 Å². The van der Waals surface area contributed by atoms with E-state index in [1.54, 1.807) is 18.2 Å². The first-order valence-corrected chi connectivity index (χ1v) is 8.43. The molecule has 1 heterocycles. The number of aromatic carboxylic acids is 1. The Hall–Kier alpha value is -1.38. The molecular formula is C15H14Cl2N2O4S. The van der Waals surface area contributed by atoms with E-state index in [1.807, 2.05) is 0 Å². The third kappa shape index (κ3) is 4.37. The first-order chi connectivity index (χ1) is 11.5. The number of rotatable bonds is 7. The SMILES string of the molecule is COC(OC)c1nc(SCc2c(Cl)cccc2Cl)ncc1C(=O)O. The lowest BCUT2D eigenvalue weighted by Crippen LogP contribution is -2.14. The van der Waals surface area contributed by atoms with Gasteiger partial charge in [0.15, 0.2) is 5.16 Å². The van der Waals surface area contributed by atoms with E-state index in [0.717, 1.165) is 5.56 Å². The molecule has 24 heavy (non-hydrogen) atoms. The Kier molecular flexibility index (Phi) is 6.82. The third-order valence-electron chi connectivity index (χ3n) is 3.09. The molecule has 1 N–H and O–H groups in total. The minimum atomic E-state index is -1.16. The topological polar surface area (TPSA) is 81.5 Å². The van der Waals surface area contributed by atoms with E-state index in [4.69, 9.17) is 32.7 Å². The lowest BCUT2D eigenvalue weighted by Gasteiger charge is -2.15. The molecule has 128 valence electrons. The number of carbonyl (C=O) groups is 1. The van der Waals surface area contributed by atoms with Gasteiger partial charge in [-0.3, -0.25) is 0 Å². The fourth-order valence-electron chi connectivity index (χ4n) is 1.92. The number of nitrogens with zero attached hydrogens (tertiary/aromatic N) is 2. The summed E-state index contributed by atoms with van der Waals surface area (Å²) in [5.41, 5.74) is 0.826. The normalized spacial score (nSPS) is 11.0. The molecule has 1 aromatic heterocycles. The number of ether oxygens (including phenoxy) is 2. The van der Waals surface area contributed by atoms with Crippen LogP contribution in [0.1, 0.15) is 27.9 Å². The number of carboxylic acid groups (broad SMARTS) is 1. The molecule has 0 aliphatic carbocycles. The zero-order chi connectivity index (χ0) is 17.7. The summed E-state index contributed by atoms with van der Waals surface area (Å²) in [5.74, 6) is -0.718. The van der Waals surface area contributed by atoms with Crippen LogP contribution in [0.5, 0.6) is 0 Å². The fraction of sp³-hybridized carbons (Fsp3) is 0.267. The Balaban J connectivity index is 2.28. The third-order valence-corrected chi connectivity index (χ3v) is 4.68. The summed E-state index contributed by atoms with van der Waals surface area (Å²) < 4.78 is 10.2. The molecule has 0 saturated carbocycles. The monoisotopic (exact) mass is 388 g/mol. The molecule has 0 saturated heterocycles. The maximum atomic E-state index is 11.3. The maximum absolute atomic E-state index is 11.3. The number of halogens is 2. The van der Waals surface area contributed by atoms with Crippen LogP contribution < -0.4 is 0 Å². The zero-order valence-electron chi connectivity index (χ0n) is 12.8. The van der Waals surface area contributed by atoms with E-state index in [0.29, 0.717) is 21.0 Å². The molecule has 0 unspecified atom stereocenters. The van der Waals surface area contributed by atoms with Crippen LogP contribution in [0, 0.1) is 0 Å². The molecule has 0 fully saturated rings. The first-order valence-electron chi connectivity index (χ1n) is 6.69. The van der Waals surface area contributed by atoms with Gasteiger partial charge in [0.05, 0.1) is 0 Å². The molecule has 0 radical (unpaired) electrons. The van der Waals surface area contributed by atoms with Gasteiger partial charge in [-0.05, 0) is 17.7 Å². The molecule has 1 aromatic carbocycles. The molecule has 9 heteroatoms. The summed E-state index contributed by atoms with van der Waals surface area (Å²) in [7, 11) is 2.80. The zero-order valence-corrected chi connectivity index (χ0v) is 15.2. The lowest BCUT2D eigenvalue weighted by atomic mass is 10.2. The second kappa shape index (κ2) is 8.64. The largest absolute Gasteiger partial charge is 0.478 e. The number of carboxylic acids is 1. The predicted molar refractivity (Wildman–Crippen MR) is 91.8 cm³/mol. The van der Waals surface area contributed by atoms with Crippen LogP contribution in [0.3, 0.4) is 0 Å². The van der Waals surface area contributed by atoms with Crippen LogP contribution in [0.25, 0.3) is 0 Å². The van der Waals surface area contributed by atoms with E-state index in [-0.39, 0.29) is 11.3 Å². The van der Waals surface area contributed by atoms with Gasteiger partial charge in [-0.25, -0.2) is 14.8 Å². The highest BCUT2D eigenvalue weighted by Gasteiger charge is 2.22. The van der Waals surface area contributed by atoms with Crippen LogP contribution in [-0.2, 0) is 15.2 Å². The van der Waals surface area contributed by atoms with E-state index in [1.165, 1.54) is 32.2 Å². The van der Waals surface area contributed by atoms with Crippen molar-refractivity contribution >= 4 is 40.9 Å². The molecule has 0 amide bonds. The second-order valence-electron chi connectivity index (χ2n) is 4.55. The van der Waals surface area contributed by atoms with Gasteiger partial charge in [0.2, 0.25) is 6.29 Å². The molecule has 0 aliphatic rings. The van der Waals surface area contributed by atoms with Gasteiger partial charge in [-0.2, -0.15) is 0 Å². The van der Waals surface area contributed by atoms with E-state index in [9.17, 15) is 9.90 Å². The average molecular weight is 389 g/mol. The van der Waals surface area contributed by atoms with Crippen LogP contribution in [0.2, 0.25) is 10.0 Å². The minimum absolute atomic E-state index is 0.0798. The number of hydrogen-bond donors (Lipinski definition) is 1. The van der Waals surface area contributed by atoms with Gasteiger partial charge >= 0.3 is 5.97 Å². The van der Waals surface area contributed by atoms with Crippen molar-refractivity contribution in [3.8, 4) is 0 Å². The van der Waals surface area contributed by atoms with Gasteiger partial charge in [0, 0.05) is 36.2 Å². The van der Waals surface area contributed by atoms with Crippen molar-refractivity contribution < 1.29 is 19.4 Å². The van der Waals surface area contributed by atoms with Crippen molar-refractivity contribution in [2.24, 2.45) is 0 Å². The van der Waals surface area contributed by atoms with Gasteiger partial charge in [0.25, 0.3) is 0 Å². The molecule has 0 aliphatic heterocycles. The summed E-state index contributed by atoms with van der Waals surface area (Å²) in [5, 5.41) is 10.7. The number of hydrogen-bond acceptors (Lipinski definition) is 6. The molecular weight excluding hydrogens is 375 g/mol. The second-order valence-corrected chi connectivity index (χ2v) is 6.31. The van der Waals surface area contributed by atoms with Gasteiger partial charge in [-0.1, -0.05) is 41.0 Å².